The molecule has 0 rings (SSSR count). The van der Waals surface area contributed by atoms with Crippen LogP contribution in [0.5, 0.6) is 0 Å². The summed E-state index contributed by atoms with van der Waals surface area (Å²) in [6.07, 6.45) is 45.4. The lowest BCUT2D eigenvalue weighted by Gasteiger charge is -2.20. The van der Waals surface area contributed by atoms with Crippen LogP contribution in [-0.4, -0.2) is 69.7 Å². The number of carbonyl (C=O) groups is 1. The van der Waals surface area contributed by atoms with Crippen molar-refractivity contribution in [3.63, 3.8) is 0 Å². The van der Waals surface area contributed by atoms with Gasteiger partial charge in [-0.2, -0.15) is 0 Å². The lowest BCUT2D eigenvalue weighted by Crippen LogP contribution is -2.36. The molecule has 0 aliphatic carbocycles. The largest absolute Gasteiger partial charge is 0.447 e. The molecule has 0 aliphatic heterocycles. The number of nitrogens with zero attached hydrogens (tertiary/aromatic N) is 1. The Bertz CT molecular complexity index is 755. The van der Waals surface area contributed by atoms with Crippen molar-refractivity contribution in [1.82, 2.24) is 10.2 Å². The molecule has 0 spiro atoms. The summed E-state index contributed by atoms with van der Waals surface area (Å²) in [5, 5.41) is 2.88. The number of unbranched alkanes of at least 4 members (excludes halogenated alkanes) is 24. The third-order valence-corrected chi connectivity index (χ3v) is 10.1. The quantitative estimate of drug-likeness (QED) is 0.0500. The molecule has 1 atom stereocenters. The SMILES string of the molecule is CCCCCCCCC=CCCCCCCCCOCC(COC(=O)NCCN(CC)CC)OCCCCCCCCC=CCCCCCCCC. The van der Waals surface area contributed by atoms with Crippen LogP contribution in [0.4, 0.5) is 4.79 Å². The van der Waals surface area contributed by atoms with Crippen molar-refractivity contribution >= 4 is 6.09 Å². The highest BCUT2D eigenvalue weighted by Gasteiger charge is 2.13. The van der Waals surface area contributed by atoms with Crippen LogP contribution in [0.1, 0.15) is 207 Å². The van der Waals surface area contributed by atoms with E-state index in [4.69, 9.17) is 14.2 Å². The van der Waals surface area contributed by atoms with Gasteiger partial charge in [0, 0.05) is 26.3 Å². The van der Waals surface area contributed by atoms with Crippen molar-refractivity contribution in [2.24, 2.45) is 0 Å². The molecule has 0 aromatic rings. The minimum absolute atomic E-state index is 0.217. The van der Waals surface area contributed by atoms with E-state index in [2.05, 4.69) is 62.2 Å². The Labute approximate surface area is 325 Å². The lowest BCUT2D eigenvalue weighted by atomic mass is 10.1. The Kier molecular flexibility index (Phi) is 42.9. The first-order chi connectivity index (χ1) is 25.7. The second kappa shape index (κ2) is 44.0. The van der Waals surface area contributed by atoms with Crippen LogP contribution < -0.4 is 5.32 Å². The minimum atomic E-state index is -0.369. The van der Waals surface area contributed by atoms with E-state index in [1.165, 1.54) is 167 Å². The highest BCUT2D eigenvalue weighted by molar-refractivity contribution is 5.67. The van der Waals surface area contributed by atoms with Crippen molar-refractivity contribution in [3.8, 4) is 0 Å². The van der Waals surface area contributed by atoms with E-state index in [9.17, 15) is 4.79 Å². The van der Waals surface area contributed by atoms with Gasteiger partial charge in [0.1, 0.15) is 12.7 Å². The number of alkyl carbamates (subject to hydrolysis) is 1. The normalized spacial score (nSPS) is 12.5. The molecule has 0 heterocycles. The molecule has 0 aromatic carbocycles. The van der Waals surface area contributed by atoms with Crippen molar-refractivity contribution in [3.05, 3.63) is 24.3 Å². The molecule has 308 valence electrons. The predicted octanol–water partition coefficient (Wildman–Crippen LogP) is 13.5. The molecule has 0 bridgehead atoms. The average molecular weight is 735 g/mol. The first-order valence-corrected chi connectivity index (χ1v) is 22.8. The maximum atomic E-state index is 12.3. The molecule has 52 heavy (non-hydrogen) atoms. The van der Waals surface area contributed by atoms with E-state index < -0.39 is 0 Å². The Morgan fingerprint density at radius 3 is 1.37 bits per heavy atom. The zero-order valence-corrected chi connectivity index (χ0v) is 35.4. The fourth-order valence-corrected chi connectivity index (χ4v) is 6.49. The van der Waals surface area contributed by atoms with Gasteiger partial charge in [-0.1, -0.05) is 168 Å². The summed E-state index contributed by atoms with van der Waals surface area (Å²) in [6, 6.07) is 0. The molecular weight excluding hydrogens is 645 g/mol. The molecule has 0 aromatic heterocycles. The summed E-state index contributed by atoms with van der Waals surface area (Å²) >= 11 is 0. The molecule has 0 aliphatic rings. The summed E-state index contributed by atoms with van der Waals surface area (Å²) in [5.41, 5.74) is 0. The summed E-state index contributed by atoms with van der Waals surface area (Å²) < 4.78 is 17.7. The molecular formula is C46H90N2O4. The molecule has 6 heteroatoms. The zero-order valence-electron chi connectivity index (χ0n) is 35.4. The van der Waals surface area contributed by atoms with Gasteiger partial charge in [0.2, 0.25) is 0 Å². The summed E-state index contributed by atoms with van der Waals surface area (Å²) in [7, 11) is 0. The van der Waals surface area contributed by atoms with E-state index in [0.717, 1.165) is 39.1 Å². The Balaban J connectivity index is 4.05. The van der Waals surface area contributed by atoms with Crippen LogP contribution >= 0.6 is 0 Å². The number of ether oxygens (including phenoxy) is 3. The number of allylic oxidation sites excluding steroid dienone is 4. The fourth-order valence-electron chi connectivity index (χ4n) is 6.49. The number of hydrogen-bond donors (Lipinski definition) is 1. The molecule has 0 fully saturated rings. The summed E-state index contributed by atoms with van der Waals surface area (Å²) in [6.45, 7) is 14.4. The number of rotatable bonds is 42. The molecule has 0 saturated heterocycles. The van der Waals surface area contributed by atoms with Crippen molar-refractivity contribution < 1.29 is 19.0 Å². The second-order valence-corrected chi connectivity index (χ2v) is 15.0. The van der Waals surface area contributed by atoms with Gasteiger partial charge in [-0.05, 0) is 77.3 Å². The number of likely N-dealkylation sites (N-methyl/N-ethyl adjacent to an activating group) is 1. The van der Waals surface area contributed by atoms with Crippen LogP contribution in [0.25, 0.3) is 0 Å². The van der Waals surface area contributed by atoms with Gasteiger partial charge >= 0.3 is 6.09 Å². The van der Waals surface area contributed by atoms with Crippen LogP contribution in [0.3, 0.4) is 0 Å². The van der Waals surface area contributed by atoms with Gasteiger partial charge in [0.15, 0.2) is 0 Å². The maximum absolute atomic E-state index is 12.3. The zero-order chi connectivity index (χ0) is 37.8. The van der Waals surface area contributed by atoms with Crippen molar-refractivity contribution in [1.29, 1.82) is 0 Å². The molecule has 6 nitrogen and oxygen atoms in total. The highest BCUT2D eigenvalue weighted by atomic mass is 16.6. The molecule has 0 radical (unpaired) electrons. The van der Waals surface area contributed by atoms with Gasteiger partial charge in [0.05, 0.1) is 6.61 Å². The summed E-state index contributed by atoms with van der Waals surface area (Å²) in [4.78, 5) is 14.6. The Morgan fingerprint density at radius 2 is 0.923 bits per heavy atom. The number of nitrogens with one attached hydrogen (secondary N) is 1. The van der Waals surface area contributed by atoms with Crippen molar-refractivity contribution in [2.75, 3.05) is 52.6 Å². The highest BCUT2D eigenvalue weighted by Crippen LogP contribution is 2.12. The predicted molar refractivity (Wildman–Crippen MR) is 227 cm³/mol. The molecule has 1 amide bonds. The van der Waals surface area contributed by atoms with Gasteiger partial charge < -0.3 is 24.4 Å². The average Bonchev–Trinajstić information content (AvgIpc) is 3.15. The molecule has 0 saturated carbocycles. The second-order valence-electron chi connectivity index (χ2n) is 15.0. The van der Waals surface area contributed by atoms with E-state index in [1.54, 1.807) is 0 Å². The summed E-state index contributed by atoms with van der Waals surface area (Å²) in [5.74, 6) is 0. The third kappa shape index (κ3) is 39.8. The van der Waals surface area contributed by atoms with Gasteiger partial charge in [-0.15, -0.1) is 0 Å². The monoisotopic (exact) mass is 735 g/mol. The topological polar surface area (TPSA) is 60.0 Å². The number of hydrogen-bond acceptors (Lipinski definition) is 5. The first kappa shape index (κ1) is 50.6. The van der Waals surface area contributed by atoms with Gasteiger partial charge in [0.25, 0.3) is 0 Å². The van der Waals surface area contributed by atoms with Crippen molar-refractivity contribution in [2.45, 2.75) is 214 Å². The third-order valence-electron chi connectivity index (χ3n) is 10.1. The van der Waals surface area contributed by atoms with Crippen LogP contribution in [0, 0.1) is 0 Å². The van der Waals surface area contributed by atoms with Gasteiger partial charge in [-0.25, -0.2) is 4.79 Å². The first-order valence-electron chi connectivity index (χ1n) is 22.8. The Morgan fingerprint density at radius 1 is 0.519 bits per heavy atom. The maximum Gasteiger partial charge on any atom is 0.407 e. The lowest BCUT2D eigenvalue weighted by molar-refractivity contribution is -0.0468. The van der Waals surface area contributed by atoms with Gasteiger partial charge in [-0.3, -0.25) is 0 Å². The fraction of sp³-hybridized carbons (Fsp3) is 0.891. The van der Waals surface area contributed by atoms with Crippen LogP contribution in [0.2, 0.25) is 0 Å². The standard InChI is InChI=1S/C46H90N2O4/c1-5-9-11-13-15-17-19-21-23-25-27-29-31-33-35-37-41-50-43-45(44-52-46(49)47-39-40-48(7-3)8-4)51-42-38-36-34-32-30-28-26-24-22-20-18-16-14-12-10-6-2/h21-24,45H,5-20,25-44H2,1-4H3,(H,47,49). The minimum Gasteiger partial charge on any atom is -0.447 e. The number of carbonyl (C=O) groups excluding carboxylic acids is 1. The molecule has 1 unspecified atom stereocenters. The Hall–Kier alpha value is -1.37. The smallest absolute Gasteiger partial charge is 0.407 e. The number of amides is 1. The molecule has 1 N–H and O–H groups in total. The van der Waals surface area contributed by atoms with E-state index in [0.29, 0.717) is 19.8 Å². The van der Waals surface area contributed by atoms with E-state index in [-0.39, 0.29) is 18.8 Å². The van der Waals surface area contributed by atoms with E-state index >= 15 is 0 Å². The van der Waals surface area contributed by atoms with Crippen LogP contribution in [0.15, 0.2) is 24.3 Å². The van der Waals surface area contributed by atoms with Crippen LogP contribution in [-0.2, 0) is 14.2 Å². The van der Waals surface area contributed by atoms with E-state index in [1.807, 2.05) is 0 Å².